The maximum atomic E-state index is 12.3. The molecular formula is C16H24N2O2. The average molecular weight is 276 g/mol. The number of hydrogen-bond donors (Lipinski definition) is 1. The van der Waals surface area contributed by atoms with Crippen molar-refractivity contribution >= 4 is 11.7 Å². The Balaban J connectivity index is 2.09. The molecular weight excluding hydrogens is 252 g/mol. The van der Waals surface area contributed by atoms with Gasteiger partial charge in [0.05, 0.1) is 23.1 Å². The van der Waals surface area contributed by atoms with Crippen LogP contribution in [-0.4, -0.2) is 17.1 Å². The van der Waals surface area contributed by atoms with Crippen molar-refractivity contribution in [3.63, 3.8) is 0 Å². The number of esters is 1. The molecule has 0 bridgehead atoms. The molecule has 0 aromatic carbocycles. The molecule has 0 spiro atoms. The van der Waals surface area contributed by atoms with Gasteiger partial charge < -0.3 is 10.5 Å². The number of ether oxygens (including phenoxy) is 1. The minimum absolute atomic E-state index is 0.0120. The standard InChI is InChI=1S/C16H24N2O2/c1-10-5-13(8-16(3,4)7-10)20-15(19)14-6-12(17)9-18-11(14)2/h6,9-10,13H,5,7-8,17H2,1-4H3. The van der Waals surface area contributed by atoms with Gasteiger partial charge in [-0.05, 0) is 43.6 Å². The van der Waals surface area contributed by atoms with E-state index >= 15 is 0 Å². The van der Waals surface area contributed by atoms with Crippen molar-refractivity contribution in [3.8, 4) is 0 Å². The van der Waals surface area contributed by atoms with Crippen LogP contribution in [-0.2, 0) is 4.74 Å². The number of nitrogens with zero attached hydrogens (tertiary/aromatic N) is 1. The van der Waals surface area contributed by atoms with Crippen molar-refractivity contribution in [1.82, 2.24) is 4.98 Å². The predicted octanol–water partition coefficient (Wildman–Crippen LogP) is 3.34. The first-order valence-corrected chi connectivity index (χ1v) is 7.20. The van der Waals surface area contributed by atoms with E-state index in [2.05, 4.69) is 25.8 Å². The molecule has 2 unspecified atom stereocenters. The van der Waals surface area contributed by atoms with Crippen molar-refractivity contribution in [2.75, 3.05) is 5.73 Å². The normalized spacial score (nSPS) is 25.2. The van der Waals surface area contributed by atoms with Gasteiger partial charge in [-0.15, -0.1) is 0 Å². The van der Waals surface area contributed by atoms with Gasteiger partial charge in [0.15, 0.2) is 0 Å². The lowest BCUT2D eigenvalue weighted by Crippen LogP contribution is -2.34. The van der Waals surface area contributed by atoms with E-state index in [1.54, 1.807) is 19.2 Å². The molecule has 110 valence electrons. The van der Waals surface area contributed by atoms with Gasteiger partial charge >= 0.3 is 5.97 Å². The zero-order valence-corrected chi connectivity index (χ0v) is 12.8. The second kappa shape index (κ2) is 5.43. The highest BCUT2D eigenvalue weighted by atomic mass is 16.5. The zero-order valence-electron chi connectivity index (χ0n) is 12.8. The third-order valence-electron chi connectivity index (χ3n) is 3.95. The van der Waals surface area contributed by atoms with Gasteiger partial charge in [0.1, 0.15) is 6.10 Å². The van der Waals surface area contributed by atoms with Crippen LogP contribution in [0.25, 0.3) is 0 Å². The van der Waals surface area contributed by atoms with Crippen molar-refractivity contribution in [3.05, 3.63) is 23.5 Å². The number of hydrogen-bond acceptors (Lipinski definition) is 4. The first-order chi connectivity index (χ1) is 9.27. The van der Waals surface area contributed by atoms with Crippen LogP contribution in [0.15, 0.2) is 12.3 Å². The number of carbonyl (C=O) groups is 1. The summed E-state index contributed by atoms with van der Waals surface area (Å²) in [5.41, 5.74) is 7.54. The Labute approximate surface area is 120 Å². The highest BCUT2D eigenvalue weighted by Crippen LogP contribution is 2.39. The molecule has 0 radical (unpaired) electrons. The molecule has 1 aliphatic carbocycles. The number of carbonyl (C=O) groups excluding carboxylic acids is 1. The van der Waals surface area contributed by atoms with E-state index in [1.165, 1.54) is 6.42 Å². The van der Waals surface area contributed by atoms with E-state index in [-0.39, 0.29) is 17.5 Å². The summed E-state index contributed by atoms with van der Waals surface area (Å²) in [6.45, 7) is 8.48. The summed E-state index contributed by atoms with van der Waals surface area (Å²) in [6.07, 6.45) is 4.57. The van der Waals surface area contributed by atoms with E-state index in [1.807, 2.05) is 0 Å². The van der Waals surface area contributed by atoms with Gasteiger partial charge in [-0.2, -0.15) is 0 Å². The second-order valence-corrected chi connectivity index (χ2v) is 6.84. The Bertz CT molecular complexity index is 511. The molecule has 2 rings (SSSR count). The van der Waals surface area contributed by atoms with E-state index in [4.69, 9.17) is 10.5 Å². The minimum atomic E-state index is -0.308. The minimum Gasteiger partial charge on any atom is -0.459 e. The summed E-state index contributed by atoms with van der Waals surface area (Å²) in [4.78, 5) is 16.4. The number of aryl methyl sites for hydroxylation is 1. The topological polar surface area (TPSA) is 65.2 Å². The van der Waals surface area contributed by atoms with Gasteiger partial charge in [0, 0.05) is 0 Å². The molecule has 1 aromatic heterocycles. The van der Waals surface area contributed by atoms with Crippen LogP contribution in [0.3, 0.4) is 0 Å². The summed E-state index contributed by atoms with van der Waals surface area (Å²) >= 11 is 0. The second-order valence-electron chi connectivity index (χ2n) is 6.84. The smallest absolute Gasteiger partial charge is 0.340 e. The number of aromatic nitrogens is 1. The third kappa shape index (κ3) is 3.50. The van der Waals surface area contributed by atoms with Crippen molar-refractivity contribution < 1.29 is 9.53 Å². The largest absolute Gasteiger partial charge is 0.459 e. The number of nitrogen functional groups attached to an aromatic ring is 1. The van der Waals surface area contributed by atoms with Gasteiger partial charge in [0.25, 0.3) is 0 Å². The fraction of sp³-hybridized carbons (Fsp3) is 0.625. The Hall–Kier alpha value is -1.58. The predicted molar refractivity (Wildman–Crippen MR) is 79.4 cm³/mol. The van der Waals surface area contributed by atoms with Crippen LogP contribution in [0.1, 0.15) is 56.1 Å². The van der Waals surface area contributed by atoms with Crippen LogP contribution >= 0.6 is 0 Å². The van der Waals surface area contributed by atoms with Gasteiger partial charge in [-0.25, -0.2) is 4.79 Å². The molecule has 0 aliphatic heterocycles. The van der Waals surface area contributed by atoms with E-state index in [0.717, 1.165) is 12.8 Å². The maximum absolute atomic E-state index is 12.3. The van der Waals surface area contributed by atoms with Gasteiger partial charge in [-0.1, -0.05) is 20.8 Å². The molecule has 4 nitrogen and oxygen atoms in total. The molecule has 0 saturated heterocycles. The molecule has 1 saturated carbocycles. The monoisotopic (exact) mass is 276 g/mol. The zero-order chi connectivity index (χ0) is 14.9. The van der Waals surface area contributed by atoms with E-state index < -0.39 is 0 Å². The molecule has 1 fully saturated rings. The van der Waals surface area contributed by atoms with Gasteiger partial charge in [-0.3, -0.25) is 4.98 Å². The summed E-state index contributed by atoms with van der Waals surface area (Å²) in [5.74, 6) is 0.272. The average Bonchev–Trinajstić information content (AvgIpc) is 2.29. The van der Waals surface area contributed by atoms with Crippen LogP contribution in [0, 0.1) is 18.3 Å². The highest BCUT2D eigenvalue weighted by molar-refractivity contribution is 5.91. The molecule has 2 atom stereocenters. The Kier molecular flexibility index (Phi) is 4.02. The van der Waals surface area contributed by atoms with Crippen molar-refractivity contribution in [2.24, 2.45) is 11.3 Å². The Morgan fingerprint density at radius 3 is 2.80 bits per heavy atom. The van der Waals surface area contributed by atoms with Crippen LogP contribution < -0.4 is 5.73 Å². The third-order valence-corrected chi connectivity index (χ3v) is 3.95. The van der Waals surface area contributed by atoms with E-state index in [0.29, 0.717) is 22.9 Å². The molecule has 4 heteroatoms. The van der Waals surface area contributed by atoms with Crippen molar-refractivity contribution in [1.29, 1.82) is 0 Å². The van der Waals surface area contributed by atoms with Crippen LogP contribution in [0.5, 0.6) is 0 Å². The summed E-state index contributed by atoms with van der Waals surface area (Å²) < 4.78 is 5.68. The number of pyridine rings is 1. The Morgan fingerprint density at radius 1 is 1.45 bits per heavy atom. The lowest BCUT2D eigenvalue weighted by Gasteiger charge is -2.38. The SMILES string of the molecule is Cc1ncc(N)cc1C(=O)OC1CC(C)CC(C)(C)C1. The fourth-order valence-corrected chi connectivity index (χ4v) is 3.32. The summed E-state index contributed by atoms with van der Waals surface area (Å²) in [7, 11) is 0. The molecule has 20 heavy (non-hydrogen) atoms. The van der Waals surface area contributed by atoms with Gasteiger partial charge in [0.2, 0.25) is 0 Å². The number of rotatable bonds is 2. The molecule has 1 heterocycles. The lowest BCUT2D eigenvalue weighted by atomic mass is 9.71. The molecule has 1 aromatic rings. The van der Waals surface area contributed by atoms with E-state index in [9.17, 15) is 4.79 Å². The Morgan fingerprint density at radius 2 is 2.15 bits per heavy atom. The number of anilines is 1. The fourth-order valence-electron chi connectivity index (χ4n) is 3.32. The van der Waals surface area contributed by atoms with Crippen LogP contribution in [0.2, 0.25) is 0 Å². The molecule has 0 amide bonds. The summed E-state index contributed by atoms with van der Waals surface area (Å²) in [5, 5.41) is 0. The number of nitrogens with two attached hydrogens (primary N) is 1. The van der Waals surface area contributed by atoms with Crippen molar-refractivity contribution in [2.45, 2.75) is 53.1 Å². The quantitative estimate of drug-likeness (QED) is 0.841. The molecule has 2 N–H and O–H groups in total. The maximum Gasteiger partial charge on any atom is 0.340 e. The first kappa shape index (κ1) is 14.8. The summed E-state index contributed by atoms with van der Waals surface area (Å²) in [6, 6.07) is 1.64. The first-order valence-electron chi connectivity index (χ1n) is 7.20. The lowest BCUT2D eigenvalue weighted by molar-refractivity contribution is -0.00723. The molecule has 1 aliphatic rings. The highest BCUT2D eigenvalue weighted by Gasteiger charge is 2.34. The van der Waals surface area contributed by atoms with Crippen LogP contribution in [0.4, 0.5) is 5.69 Å².